The van der Waals surface area contributed by atoms with Gasteiger partial charge >= 0.3 is 0 Å². The van der Waals surface area contributed by atoms with E-state index in [1.807, 2.05) is 39.0 Å². The van der Waals surface area contributed by atoms with Gasteiger partial charge in [0.05, 0.1) is 12.3 Å². The quantitative estimate of drug-likeness (QED) is 0.637. The van der Waals surface area contributed by atoms with Gasteiger partial charge in [0.15, 0.2) is 16.6 Å². The van der Waals surface area contributed by atoms with Crippen molar-refractivity contribution in [1.29, 1.82) is 0 Å². The van der Waals surface area contributed by atoms with E-state index >= 15 is 0 Å². The van der Waals surface area contributed by atoms with Crippen LogP contribution < -0.4 is 15.0 Å². The Hall–Kier alpha value is -2.86. The maximum absolute atomic E-state index is 12.9. The molecule has 134 valence electrons. The van der Waals surface area contributed by atoms with Gasteiger partial charge in [0, 0.05) is 5.56 Å². The van der Waals surface area contributed by atoms with Crippen LogP contribution in [0.4, 0.5) is 5.69 Å². The summed E-state index contributed by atoms with van der Waals surface area (Å²) in [5.41, 5.74) is 3.62. The topological polar surface area (TPSA) is 61.8 Å². The summed E-state index contributed by atoms with van der Waals surface area (Å²) in [5, 5.41) is 13.6. The summed E-state index contributed by atoms with van der Waals surface area (Å²) in [6, 6.07) is 10.9. The average molecular weight is 368 g/mol. The van der Waals surface area contributed by atoms with Crippen molar-refractivity contribution < 1.29 is 14.6 Å². The summed E-state index contributed by atoms with van der Waals surface area (Å²) in [4.78, 5) is 14.4. The lowest BCUT2D eigenvalue weighted by atomic mass is 10.1. The lowest BCUT2D eigenvalue weighted by Crippen LogP contribution is -2.31. The summed E-state index contributed by atoms with van der Waals surface area (Å²) in [7, 11) is 0. The summed E-state index contributed by atoms with van der Waals surface area (Å²) < 4.78 is 5.39. The Bertz CT molecular complexity index is 921. The molecule has 1 fully saturated rings. The highest BCUT2D eigenvalue weighted by atomic mass is 32.1. The van der Waals surface area contributed by atoms with Crippen LogP contribution in [-0.2, 0) is 4.79 Å². The Labute approximate surface area is 157 Å². The Kier molecular flexibility index (Phi) is 4.95. The van der Waals surface area contributed by atoms with E-state index in [0.717, 1.165) is 16.8 Å². The molecule has 1 amide bonds. The molecule has 5 nitrogen and oxygen atoms in total. The minimum absolute atomic E-state index is 0.00689. The molecule has 0 bridgehead atoms. The maximum Gasteiger partial charge on any atom is 0.281 e. The minimum atomic E-state index is -0.259. The van der Waals surface area contributed by atoms with E-state index in [-0.39, 0.29) is 11.7 Å². The number of ether oxygens (including phenoxy) is 1. The van der Waals surface area contributed by atoms with Crippen LogP contribution in [0.1, 0.15) is 23.6 Å². The molecule has 0 saturated carbocycles. The van der Waals surface area contributed by atoms with Crippen molar-refractivity contribution in [2.24, 2.45) is 0 Å². The first-order valence-corrected chi connectivity index (χ1v) is 8.73. The molecular weight excluding hydrogens is 348 g/mol. The van der Waals surface area contributed by atoms with E-state index in [4.69, 9.17) is 17.0 Å². The molecule has 0 radical (unpaired) electrons. The number of para-hydroxylation sites is 1. The third-order valence-corrected chi connectivity index (χ3v) is 4.61. The Balaban J connectivity index is 1.98. The van der Waals surface area contributed by atoms with Gasteiger partial charge in [-0.15, -0.1) is 0 Å². The molecule has 1 heterocycles. The molecule has 0 aliphatic carbocycles. The second kappa shape index (κ2) is 7.17. The van der Waals surface area contributed by atoms with Crippen molar-refractivity contribution >= 4 is 35.0 Å². The van der Waals surface area contributed by atoms with Crippen LogP contribution >= 0.6 is 12.2 Å². The van der Waals surface area contributed by atoms with Gasteiger partial charge in [0.25, 0.3) is 5.91 Å². The van der Waals surface area contributed by atoms with Crippen LogP contribution in [-0.4, -0.2) is 22.7 Å². The second-order valence-electron chi connectivity index (χ2n) is 5.97. The number of hydrogen-bond donors (Lipinski definition) is 2. The van der Waals surface area contributed by atoms with Crippen LogP contribution in [0.15, 0.2) is 42.1 Å². The molecule has 1 aliphatic rings. The summed E-state index contributed by atoms with van der Waals surface area (Å²) in [5.74, 6) is 0.110. The van der Waals surface area contributed by atoms with Crippen molar-refractivity contribution in [2.75, 3.05) is 11.5 Å². The number of amides is 1. The zero-order valence-electron chi connectivity index (χ0n) is 14.9. The Morgan fingerprint density at radius 3 is 2.69 bits per heavy atom. The molecule has 0 aromatic heterocycles. The second-order valence-corrected chi connectivity index (χ2v) is 6.36. The van der Waals surface area contributed by atoms with Gasteiger partial charge in [-0.3, -0.25) is 9.69 Å². The number of aromatic hydroxyl groups is 1. The summed E-state index contributed by atoms with van der Waals surface area (Å²) in [6.45, 7) is 6.23. The number of aryl methyl sites for hydroxylation is 1. The SMILES string of the molecule is CCOc1cccc(/C=C2/NC(=S)N(c3cccc(C)c3C)C2=O)c1O. The van der Waals surface area contributed by atoms with Crippen molar-refractivity contribution in [2.45, 2.75) is 20.8 Å². The highest BCUT2D eigenvalue weighted by molar-refractivity contribution is 7.80. The van der Waals surface area contributed by atoms with Gasteiger partial charge in [0.2, 0.25) is 0 Å². The number of phenols is 1. The fourth-order valence-electron chi connectivity index (χ4n) is 2.81. The predicted octanol–water partition coefficient (Wildman–Crippen LogP) is 3.67. The van der Waals surface area contributed by atoms with Gasteiger partial charge in [0.1, 0.15) is 5.70 Å². The number of benzene rings is 2. The van der Waals surface area contributed by atoms with Crippen molar-refractivity contribution in [3.8, 4) is 11.5 Å². The van der Waals surface area contributed by atoms with E-state index < -0.39 is 0 Å². The number of hydrogen-bond acceptors (Lipinski definition) is 4. The fraction of sp³-hybridized carbons (Fsp3) is 0.200. The monoisotopic (exact) mass is 368 g/mol. The molecule has 6 heteroatoms. The van der Waals surface area contributed by atoms with Crippen LogP contribution in [0.3, 0.4) is 0 Å². The normalized spacial score (nSPS) is 15.5. The van der Waals surface area contributed by atoms with Crippen LogP contribution in [0, 0.1) is 13.8 Å². The molecule has 2 aromatic rings. The number of anilines is 1. The standard InChI is InChI=1S/C20H20N2O3S/c1-4-25-17-10-6-8-14(18(17)23)11-15-19(24)22(20(26)21-15)16-9-5-7-12(2)13(16)3/h5-11,23H,4H2,1-3H3,(H,21,26)/b15-11+. The number of phenolic OH excluding ortho intramolecular Hbond substituents is 1. The third-order valence-electron chi connectivity index (χ3n) is 4.33. The first kappa shape index (κ1) is 17.9. The highest BCUT2D eigenvalue weighted by Crippen LogP contribution is 2.33. The van der Waals surface area contributed by atoms with Crippen LogP contribution in [0.5, 0.6) is 11.5 Å². The lowest BCUT2D eigenvalue weighted by Gasteiger charge is -2.18. The van der Waals surface area contributed by atoms with Gasteiger partial charge in [-0.2, -0.15) is 0 Å². The molecule has 0 atom stereocenters. The summed E-state index contributed by atoms with van der Waals surface area (Å²) in [6.07, 6.45) is 1.58. The number of carbonyl (C=O) groups excluding carboxylic acids is 1. The number of nitrogens with one attached hydrogen (secondary N) is 1. The zero-order chi connectivity index (χ0) is 18.8. The van der Waals surface area contributed by atoms with Gasteiger partial charge in [-0.25, -0.2) is 0 Å². The molecule has 0 unspecified atom stereocenters. The van der Waals surface area contributed by atoms with Gasteiger partial charge < -0.3 is 15.2 Å². The van der Waals surface area contributed by atoms with Crippen LogP contribution in [0.2, 0.25) is 0 Å². The molecule has 1 aliphatic heterocycles. The molecule has 26 heavy (non-hydrogen) atoms. The number of nitrogens with zero attached hydrogens (tertiary/aromatic N) is 1. The largest absolute Gasteiger partial charge is 0.504 e. The van der Waals surface area contributed by atoms with E-state index in [1.165, 1.54) is 4.90 Å². The Morgan fingerprint density at radius 2 is 1.96 bits per heavy atom. The highest BCUT2D eigenvalue weighted by Gasteiger charge is 2.33. The third kappa shape index (κ3) is 3.15. The Morgan fingerprint density at radius 1 is 1.23 bits per heavy atom. The average Bonchev–Trinajstić information content (AvgIpc) is 2.88. The minimum Gasteiger partial charge on any atom is -0.504 e. The maximum atomic E-state index is 12.9. The fourth-order valence-corrected chi connectivity index (χ4v) is 3.11. The van der Waals surface area contributed by atoms with Gasteiger partial charge in [-0.1, -0.05) is 24.3 Å². The predicted molar refractivity (Wildman–Crippen MR) is 106 cm³/mol. The molecule has 0 spiro atoms. The van der Waals surface area contributed by atoms with Crippen molar-refractivity contribution in [1.82, 2.24) is 5.32 Å². The van der Waals surface area contributed by atoms with E-state index in [9.17, 15) is 9.90 Å². The van der Waals surface area contributed by atoms with Crippen molar-refractivity contribution in [3.63, 3.8) is 0 Å². The zero-order valence-corrected chi connectivity index (χ0v) is 15.7. The summed E-state index contributed by atoms with van der Waals surface area (Å²) >= 11 is 5.36. The van der Waals surface area contributed by atoms with Crippen LogP contribution in [0.25, 0.3) is 6.08 Å². The molecule has 1 saturated heterocycles. The lowest BCUT2D eigenvalue weighted by molar-refractivity contribution is -0.113. The molecular formula is C20H20N2O3S. The van der Waals surface area contributed by atoms with Gasteiger partial charge in [-0.05, 0) is 62.3 Å². The smallest absolute Gasteiger partial charge is 0.281 e. The van der Waals surface area contributed by atoms with E-state index in [2.05, 4.69) is 5.32 Å². The molecule has 3 rings (SSSR count). The number of thiocarbonyl (C=S) groups is 1. The van der Waals surface area contributed by atoms with E-state index in [0.29, 0.717) is 28.7 Å². The molecule has 2 aromatic carbocycles. The first-order valence-electron chi connectivity index (χ1n) is 8.32. The number of rotatable bonds is 4. The van der Waals surface area contributed by atoms with Crippen molar-refractivity contribution in [3.05, 3.63) is 58.8 Å². The number of carbonyl (C=O) groups is 1. The van der Waals surface area contributed by atoms with E-state index in [1.54, 1.807) is 24.3 Å². The first-order chi connectivity index (χ1) is 12.4. The molecule has 2 N–H and O–H groups in total.